The van der Waals surface area contributed by atoms with Gasteiger partial charge in [0.15, 0.2) is 0 Å². The van der Waals surface area contributed by atoms with Crippen LogP contribution in [-0.2, 0) is 0 Å². The number of benzene rings is 1. The van der Waals surface area contributed by atoms with Gasteiger partial charge in [0.2, 0.25) is 0 Å². The van der Waals surface area contributed by atoms with Gasteiger partial charge in [0, 0.05) is 24.6 Å². The van der Waals surface area contributed by atoms with Gasteiger partial charge in [0.25, 0.3) is 5.69 Å². The molecule has 1 aliphatic rings. The van der Waals surface area contributed by atoms with Gasteiger partial charge in [-0.3, -0.25) is 10.1 Å². The topological polar surface area (TPSA) is 75.4 Å². The Labute approximate surface area is 120 Å². The summed E-state index contributed by atoms with van der Waals surface area (Å²) in [6.45, 7) is 0.554. The van der Waals surface area contributed by atoms with Gasteiger partial charge in [-0.25, -0.2) is 0 Å². The van der Waals surface area contributed by atoms with Crippen LogP contribution in [0, 0.1) is 16.0 Å². The predicted molar refractivity (Wildman–Crippen MR) is 75.0 cm³/mol. The van der Waals surface area contributed by atoms with E-state index in [1.54, 1.807) is 0 Å². The number of non-ortho nitro benzene ring substituents is 1. The van der Waals surface area contributed by atoms with E-state index < -0.39 is 4.92 Å². The molecule has 1 aromatic carbocycles. The molecule has 2 atom stereocenters. The molecule has 2 N–H and O–H groups in total. The lowest BCUT2D eigenvalue weighted by Crippen LogP contribution is -2.22. The van der Waals surface area contributed by atoms with Crippen molar-refractivity contribution >= 4 is 34.6 Å². The molecule has 0 bridgehead atoms. The first-order valence-corrected chi connectivity index (χ1v) is 6.80. The third-order valence-corrected chi connectivity index (χ3v) is 3.99. The molecule has 5 nitrogen and oxygen atoms in total. The van der Waals surface area contributed by atoms with Crippen LogP contribution in [0.2, 0.25) is 10.0 Å². The lowest BCUT2D eigenvalue weighted by Gasteiger charge is -2.17. The molecule has 1 aromatic rings. The molecule has 7 heteroatoms. The first kappa shape index (κ1) is 14.4. The number of nitrogens with one attached hydrogen (secondary N) is 1. The second kappa shape index (κ2) is 5.94. The van der Waals surface area contributed by atoms with Crippen molar-refractivity contribution in [1.29, 1.82) is 0 Å². The van der Waals surface area contributed by atoms with E-state index in [0.717, 1.165) is 19.3 Å². The number of hydrogen-bond donors (Lipinski definition) is 2. The fourth-order valence-corrected chi connectivity index (χ4v) is 2.93. The van der Waals surface area contributed by atoms with Crippen LogP contribution >= 0.6 is 23.2 Å². The minimum Gasteiger partial charge on any atom is -0.393 e. The van der Waals surface area contributed by atoms with Crippen molar-refractivity contribution in [3.63, 3.8) is 0 Å². The smallest absolute Gasteiger partial charge is 0.272 e. The third kappa shape index (κ3) is 3.29. The lowest BCUT2D eigenvalue weighted by molar-refractivity contribution is -0.384. The summed E-state index contributed by atoms with van der Waals surface area (Å²) in [7, 11) is 0. The van der Waals surface area contributed by atoms with E-state index in [1.165, 1.54) is 12.1 Å². The number of rotatable bonds is 4. The van der Waals surface area contributed by atoms with Gasteiger partial charge in [0.05, 0.1) is 26.8 Å². The number of anilines is 1. The predicted octanol–water partition coefficient (Wildman–Crippen LogP) is 3.47. The summed E-state index contributed by atoms with van der Waals surface area (Å²) in [4.78, 5) is 10.1. The summed E-state index contributed by atoms with van der Waals surface area (Å²) in [5, 5.41) is 23.9. The molecule has 0 amide bonds. The number of halogens is 2. The highest BCUT2D eigenvalue weighted by Gasteiger charge is 2.25. The van der Waals surface area contributed by atoms with Crippen LogP contribution in [0.15, 0.2) is 12.1 Å². The Kier molecular flexibility index (Phi) is 4.50. The SMILES string of the molecule is O=[N+]([O-])c1cc(Cl)c(NCC2CCCC2O)c(Cl)c1. The molecule has 2 rings (SSSR count). The Balaban J connectivity index is 2.10. The van der Waals surface area contributed by atoms with Gasteiger partial charge in [-0.1, -0.05) is 29.6 Å². The van der Waals surface area contributed by atoms with Gasteiger partial charge in [-0.2, -0.15) is 0 Å². The number of hydrogen-bond acceptors (Lipinski definition) is 4. The maximum atomic E-state index is 10.7. The second-order valence-electron chi connectivity index (χ2n) is 4.68. The van der Waals surface area contributed by atoms with E-state index in [4.69, 9.17) is 23.2 Å². The van der Waals surface area contributed by atoms with E-state index >= 15 is 0 Å². The van der Waals surface area contributed by atoms with Gasteiger partial charge in [0.1, 0.15) is 0 Å². The molecule has 0 aromatic heterocycles. The molecule has 1 saturated carbocycles. The molecule has 0 aliphatic heterocycles. The summed E-state index contributed by atoms with van der Waals surface area (Å²) in [5.74, 6) is 0.169. The highest BCUT2D eigenvalue weighted by Crippen LogP contribution is 2.35. The zero-order valence-electron chi connectivity index (χ0n) is 10.1. The molecule has 1 aliphatic carbocycles. The normalized spacial score (nSPS) is 22.5. The van der Waals surface area contributed by atoms with E-state index in [9.17, 15) is 15.2 Å². The van der Waals surface area contributed by atoms with Crippen LogP contribution < -0.4 is 5.32 Å². The van der Waals surface area contributed by atoms with E-state index in [1.807, 2.05) is 0 Å². The first-order valence-electron chi connectivity index (χ1n) is 6.04. The maximum absolute atomic E-state index is 10.7. The van der Waals surface area contributed by atoms with Crippen molar-refractivity contribution in [2.24, 2.45) is 5.92 Å². The zero-order valence-corrected chi connectivity index (χ0v) is 11.6. The Hall–Kier alpha value is -1.04. The molecule has 104 valence electrons. The summed E-state index contributed by atoms with van der Waals surface area (Å²) >= 11 is 12.0. The molecule has 0 heterocycles. The van der Waals surface area contributed by atoms with Crippen molar-refractivity contribution < 1.29 is 10.0 Å². The number of nitro groups is 1. The molecule has 0 radical (unpaired) electrons. The van der Waals surface area contributed by atoms with Crippen molar-refractivity contribution in [2.45, 2.75) is 25.4 Å². The van der Waals surface area contributed by atoms with Crippen LogP contribution in [-0.4, -0.2) is 22.7 Å². The minimum absolute atomic E-state index is 0.138. The average molecular weight is 305 g/mol. The lowest BCUT2D eigenvalue weighted by atomic mass is 10.1. The van der Waals surface area contributed by atoms with Crippen molar-refractivity contribution in [3.8, 4) is 0 Å². The van der Waals surface area contributed by atoms with Crippen LogP contribution in [0.4, 0.5) is 11.4 Å². The van der Waals surface area contributed by atoms with Crippen LogP contribution in [0.25, 0.3) is 0 Å². The van der Waals surface area contributed by atoms with Gasteiger partial charge < -0.3 is 10.4 Å². The monoisotopic (exact) mass is 304 g/mol. The molecule has 19 heavy (non-hydrogen) atoms. The Morgan fingerprint density at radius 2 is 2.00 bits per heavy atom. The highest BCUT2D eigenvalue weighted by atomic mass is 35.5. The Bertz CT molecular complexity index is 473. The fraction of sp³-hybridized carbons (Fsp3) is 0.500. The largest absolute Gasteiger partial charge is 0.393 e. The Morgan fingerprint density at radius 3 is 2.47 bits per heavy atom. The van der Waals surface area contributed by atoms with E-state index in [2.05, 4.69) is 5.32 Å². The van der Waals surface area contributed by atoms with Crippen molar-refractivity contribution in [3.05, 3.63) is 32.3 Å². The molecule has 0 spiro atoms. The summed E-state index contributed by atoms with van der Waals surface area (Å²) in [6, 6.07) is 2.53. The number of nitro benzene ring substituents is 1. The molecule has 0 saturated heterocycles. The highest BCUT2D eigenvalue weighted by molar-refractivity contribution is 6.39. The molecule has 1 fully saturated rings. The van der Waals surface area contributed by atoms with E-state index in [-0.39, 0.29) is 27.8 Å². The zero-order chi connectivity index (χ0) is 14.0. The quantitative estimate of drug-likeness (QED) is 0.659. The fourth-order valence-electron chi connectivity index (χ4n) is 2.32. The second-order valence-corrected chi connectivity index (χ2v) is 5.50. The van der Waals surface area contributed by atoms with Gasteiger partial charge in [-0.05, 0) is 12.8 Å². The summed E-state index contributed by atoms with van der Waals surface area (Å²) in [5.41, 5.74) is 0.342. The summed E-state index contributed by atoms with van der Waals surface area (Å²) < 4.78 is 0. The maximum Gasteiger partial charge on any atom is 0.272 e. The number of aliphatic hydroxyl groups is 1. The van der Waals surface area contributed by atoms with Crippen molar-refractivity contribution in [2.75, 3.05) is 11.9 Å². The number of aliphatic hydroxyl groups excluding tert-OH is 1. The van der Waals surface area contributed by atoms with Gasteiger partial charge in [-0.15, -0.1) is 0 Å². The first-order chi connectivity index (χ1) is 8.99. The van der Waals surface area contributed by atoms with Crippen LogP contribution in [0.3, 0.4) is 0 Å². The van der Waals surface area contributed by atoms with E-state index in [0.29, 0.717) is 12.2 Å². The molecule has 2 unspecified atom stereocenters. The van der Waals surface area contributed by atoms with Crippen molar-refractivity contribution in [1.82, 2.24) is 0 Å². The molecular formula is C12H14Cl2N2O3. The van der Waals surface area contributed by atoms with Gasteiger partial charge >= 0.3 is 0 Å². The standard InChI is InChI=1S/C12H14Cl2N2O3/c13-9-4-8(16(18)19)5-10(14)12(9)15-6-7-2-1-3-11(7)17/h4-5,7,11,15,17H,1-3,6H2. The molecular weight excluding hydrogens is 291 g/mol. The third-order valence-electron chi connectivity index (χ3n) is 3.40. The number of nitrogens with zero attached hydrogens (tertiary/aromatic N) is 1. The average Bonchev–Trinajstić information content (AvgIpc) is 2.73. The van der Waals surface area contributed by atoms with Crippen LogP contribution in [0.1, 0.15) is 19.3 Å². The Morgan fingerprint density at radius 1 is 1.37 bits per heavy atom. The minimum atomic E-state index is -0.539. The van der Waals surface area contributed by atoms with Crippen LogP contribution in [0.5, 0.6) is 0 Å². The summed E-state index contributed by atoms with van der Waals surface area (Å²) in [6.07, 6.45) is 2.47.